The maximum atomic E-state index is 12.3. The van der Waals surface area contributed by atoms with Crippen LogP contribution in [0.15, 0.2) is 0 Å². The summed E-state index contributed by atoms with van der Waals surface area (Å²) in [7, 11) is 0. The van der Waals surface area contributed by atoms with E-state index in [1.54, 1.807) is 0 Å². The fraction of sp³-hybridized carbons (Fsp3) is 0.929. The molecule has 3 aliphatic rings. The fourth-order valence-electron chi connectivity index (χ4n) is 3.55. The number of nitrogens with zero attached hydrogens (tertiary/aromatic N) is 1. The Bertz CT molecular complexity index is 327. The van der Waals surface area contributed by atoms with Crippen LogP contribution in [0, 0.1) is 17.8 Å². The highest BCUT2D eigenvalue weighted by Gasteiger charge is 2.53. The van der Waals surface area contributed by atoms with Gasteiger partial charge in [-0.05, 0) is 56.9 Å². The number of carbonyl (C=O) groups is 1. The van der Waals surface area contributed by atoms with E-state index < -0.39 is 5.60 Å². The smallest absolute Gasteiger partial charge is 0.225 e. The lowest BCUT2D eigenvalue weighted by Crippen LogP contribution is -2.65. The third kappa shape index (κ3) is 2.16. The van der Waals surface area contributed by atoms with Gasteiger partial charge in [0.1, 0.15) is 5.60 Å². The van der Waals surface area contributed by atoms with Crippen LogP contribution in [-0.4, -0.2) is 41.1 Å². The van der Waals surface area contributed by atoms with E-state index in [1.807, 2.05) is 4.90 Å². The molecule has 3 fully saturated rings. The molecule has 0 aromatic carbocycles. The van der Waals surface area contributed by atoms with Crippen LogP contribution in [0.2, 0.25) is 0 Å². The number of aliphatic hydroxyl groups is 1. The zero-order valence-corrected chi connectivity index (χ0v) is 11.0. The molecule has 1 heterocycles. The summed E-state index contributed by atoms with van der Waals surface area (Å²) in [6, 6.07) is 0. The normalized spacial score (nSPS) is 35.1. The first kappa shape index (κ1) is 12.4. The molecule has 4 heteroatoms. The minimum absolute atomic E-state index is 0.191. The van der Waals surface area contributed by atoms with Crippen LogP contribution in [0.25, 0.3) is 0 Å². The van der Waals surface area contributed by atoms with Gasteiger partial charge in [-0.3, -0.25) is 4.79 Å². The fourth-order valence-corrected chi connectivity index (χ4v) is 3.55. The van der Waals surface area contributed by atoms with Crippen molar-refractivity contribution in [3.63, 3.8) is 0 Å². The summed E-state index contributed by atoms with van der Waals surface area (Å²) in [6.45, 7) is 1.91. The number of likely N-dealkylation sites (tertiary alicyclic amines) is 1. The zero-order valence-electron chi connectivity index (χ0n) is 11.0. The Morgan fingerprint density at radius 2 is 1.78 bits per heavy atom. The van der Waals surface area contributed by atoms with E-state index >= 15 is 0 Å². The second kappa shape index (κ2) is 4.49. The number of rotatable bonds is 3. The Balaban J connectivity index is 1.48. The molecule has 0 aromatic heterocycles. The second-order valence-corrected chi connectivity index (χ2v) is 6.53. The monoisotopic (exact) mass is 252 g/mol. The molecule has 2 saturated carbocycles. The predicted octanol–water partition coefficient (Wildman–Crippen LogP) is 0.735. The first-order valence-electron chi connectivity index (χ1n) is 7.33. The van der Waals surface area contributed by atoms with Crippen molar-refractivity contribution < 1.29 is 9.90 Å². The van der Waals surface area contributed by atoms with Crippen molar-refractivity contribution in [3.8, 4) is 0 Å². The molecule has 0 atom stereocenters. The van der Waals surface area contributed by atoms with Gasteiger partial charge in [0.05, 0.1) is 13.1 Å². The van der Waals surface area contributed by atoms with Crippen LogP contribution in [0.1, 0.15) is 38.5 Å². The van der Waals surface area contributed by atoms with Crippen molar-refractivity contribution in [2.75, 3.05) is 19.6 Å². The average molecular weight is 252 g/mol. The molecule has 4 nitrogen and oxygen atoms in total. The molecule has 2 aliphatic carbocycles. The summed E-state index contributed by atoms with van der Waals surface area (Å²) in [5.74, 6) is 1.55. The van der Waals surface area contributed by atoms with E-state index in [0.29, 0.717) is 24.9 Å². The number of amides is 1. The number of nitrogens with two attached hydrogens (primary N) is 1. The van der Waals surface area contributed by atoms with Gasteiger partial charge >= 0.3 is 0 Å². The van der Waals surface area contributed by atoms with Crippen LogP contribution < -0.4 is 5.73 Å². The van der Waals surface area contributed by atoms with E-state index in [-0.39, 0.29) is 11.8 Å². The first-order valence-corrected chi connectivity index (χ1v) is 7.33. The number of hydrogen-bond acceptors (Lipinski definition) is 3. The van der Waals surface area contributed by atoms with Gasteiger partial charge in [0.25, 0.3) is 0 Å². The highest BCUT2D eigenvalue weighted by molar-refractivity contribution is 5.80. The third-order valence-electron chi connectivity index (χ3n) is 5.11. The van der Waals surface area contributed by atoms with Gasteiger partial charge in [0.2, 0.25) is 5.91 Å². The predicted molar refractivity (Wildman–Crippen MR) is 68.8 cm³/mol. The number of carbonyl (C=O) groups excluding carboxylic acids is 1. The van der Waals surface area contributed by atoms with Crippen molar-refractivity contribution in [2.24, 2.45) is 23.5 Å². The van der Waals surface area contributed by atoms with Crippen LogP contribution in [0.4, 0.5) is 0 Å². The Labute approximate surface area is 109 Å². The minimum atomic E-state index is -0.538. The molecule has 0 spiro atoms. The maximum absolute atomic E-state index is 12.3. The van der Waals surface area contributed by atoms with E-state index in [0.717, 1.165) is 45.1 Å². The molecule has 1 aliphatic heterocycles. The molecule has 18 heavy (non-hydrogen) atoms. The molecule has 0 bridgehead atoms. The van der Waals surface area contributed by atoms with Gasteiger partial charge in [-0.2, -0.15) is 0 Å². The van der Waals surface area contributed by atoms with E-state index in [9.17, 15) is 9.90 Å². The average Bonchev–Trinajstić information content (AvgIpc) is 3.19. The topological polar surface area (TPSA) is 66.6 Å². The minimum Gasteiger partial charge on any atom is -0.386 e. The summed E-state index contributed by atoms with van der Waals surface area (Å²) in [5, 5.41) is 10.2. The maximum Gasteiger partial charge on any atom is 0.225 e. The lowest BCUT2D eigenvalue weighted by Gasteiger charge is -2.48. The Morgan fingerprint density at radius 1 is 1.17 bits per heavy atom. The second-order valence-electron chi connectivity index (χ2n) is 6.53. The molecular formula is C14H24N2O2. The van der Waals surface area contributed by atoms with Gasteiger partial charge < -0.3 is 15.7 Å². The van der Waals surface area contributed by atoms with E-state index in [4.69, 9.17) is 5.73 Å². The van der Waals surface area contributed by atoms with Crippen molar-refractivity contribution in [1.82, 2.24) is 4.90 Å². The largest absolute Gasteiger partial charge is 0.386 e. The summed E-state index contributed by atoms with van der Waals surface area (Å²) < 4.78 is 0. The molecule has 0 unspecified atom stereocenters. The van der Waals surface area contributed by atoms with Gasteiger partial charge in [0.15, 0.2) is 0 Å². The molecule has 1 saturated heterocycles. The van der Waals surface area contributed by atoms with Crippen LogP contribution >= 0.6 is 0 Å². The summed E-state index contributed by atoms with van der Waals surface area (Å²) in [4.78, 5) is 14.2. The van der Waals surface area contributed by atoms with Gasteiger partial charge in [-0.25, -0.2) is 0 Å². The van der Waals surface area contributed by atoms with Crippen molar-refractivity contribution in [2.45, 2.75) is 44.1 Å². The highest BCUT2D eigenvalue weighted by atomic mass is 16.3. The zero-order chi connectivity index (χ0) is 12.8. The summed E-state index contributed by atoms with van der Waals surface area (Å²) in [6.07, 6.45) is 6.43. The quantitative estimate of drug-likeness (QED) is 0.778. The number of β-amino-alcohol motifs (C(OH)–C–C–N with tert-alkyl or cyclic N) is 1. The third-order valence-corrected chi connectivity index (χ3v) is 5.11. The van der Waals surface area contributed by atoms with Gasteiger partial charge in [-0.1, -0.05) is 0 Å². The molecule has 102 valence electrons. The van der Waals surface area contributed by atoms with Crippen LogP contribution in [-0.2, 0) is 4.79 Å². The Hall–Kier alpha value is -0.610. The van der Waals surface area contributed by atoms with Gasteiger partial charge in [-0.15, -0.1) is 0 Å². The molecule has 3 N–H and O–H groups in total. The van der Waals surface area contributed by atoms with E-state index in [2.05, 4.69) is 0 Å². The molecule has 0 radical (unpaired) electrons. The SMILES string of the molecule is NCC1CCC(C(=O)N2CC(O)(C3CC3)C2)CC1. The Kier molecular flexibility index (Phi) is 3.10. The van der Waals surface area contributed by atoms with E-state index in [1.165, 1.54) is 0 Å². The lowest BCUT2D eigenvalue weighted by atomic mass is 9.79. The molecule has 3 rings (SSSR count). The van der Waals surface area contributed by atoms with Crippen molar-refractivity contribution in [1.29, 1.82) is 0 Å². The van der Waals surface area contributed by atoms with Crippen molar-refractivity contribution in [3.05, 3.63) is 0 Å². The number of hydrogen-bond donors (Lipinski definition) is 2. The summed E-state index contributed by atoms with van der Waals surface area (Å²) >= 11 is 0. The highest BCUT2D eigenvalue weighted by Crippen LogP contribution is 2.45. The lowest BCUT2D eigenvalue weighted by molar-refractivity contribution is -0.164. The molecular weight excluding hydrogens is 228 g/mol. The van der Waals surface area contributed by atoms with Crippen molar-refractivity contribution >= 4 is 5.91 Å². The Morgan fingerprint density at radius 3 is 2.28 bits per heavy atom. The van der Waals surface area contributed by atoms with Gasteiger partial charge in [0, 0.05) is 5.92 Å². The molecule has 1 amide bonds. The molecule has 0 aromatic rings. The van der Waals surface area contributed by atoms with Crippen LogP contribution in [0.5, 0.6) is 0 Å². The standard InChI is InChI=1S/C14H24N2O2/c15-7-10-1-3-11(4-2-10)13(17)16-8-14(18,9-16)12-5-6-12/h10-12,18H,1-9,15H2. The first-order chi connectivity index (χ1) is 8.62. The van der Waals surface area contributed by atoms with Crippen LogP contribution in [0.3, 0.4) is 0 Å². The summed E-state index contributed by atoms with van der Waals surface area (Å²) in [5.41, 5.74) is 5.13.